The van der Waals surface area contributed by atoms with Gasteiger partial charge in [-0.1, -0.05) is 35.9 Å². The summed E-state index contributed by atoms with van der Waals surface area (Å²) < 4.78 is 5.16. The molecule has 1 N–H and O–H groups in total. The van der Waals surface area contributed by atoms with Crippen LogP contribution in [0.1, 0.15) is 21.5 Å². The molecule has 0 unspecified atom stereocenters. The van der Waals surface area contributed by atoms with Crippen molar-refractivity contribution in [2.75, 3.05) is 7.11 Å². The summed E-state index contributed by atoms with van der Waals surface area (Å²) in [7, 11) is 1.60. The fourth-order valence-electron chi connectivity index (χ4n) is 2.02. The molecule has 19 heavy (non-hydrogen) atoms. The molecule has 0 aliphatic rings. The summed E-state index contributed by atoms with van der Waals surface area (Å²) in [4.78, 5) is 11.0. The van der Waals surface area contributed by atoms with Crippen LogP contribution in [-0.4, -0.2) is 18.2 Å². The highest BCUT2D eigenvalue weighted by atomic mass is 16.5. The molecule has 2 rings (SSSR count). The number of hydrogen-bond acceptors (Lipinski definition) is 2. The number of aryl methyl sites for hydroxylation is 1. The summed E-state index contributed by atoms with van der Waals surface area (Å²) in [5.41, 5.74) is 4.43. The number of carbonyl (C=O) groups is 1. The van der Waals surface area contributed by atoms with Crippen LogP contribution in [0.25, 0.3) is 11.1 Å². The van der Waals surface area contributed by atoms with E-state index in [4.69, 9.17) is 9.84 Å². The van der Waals surface area contributed by atoms with Crippen LogP contribution < -0.4 is 0 Å². The highest BCUT2D eigenvalue weighted by Crippen LogP contribution is 2.26. The first kappa shape index (κ1) is 13.3. The Hall–Kier alpha value is -2.13. The Labute approximate surface area is 112 Å². The molecule has 0 aliphatic carbocycles. The van der Waals surface area contributed by atoms with E-state index in [1.54, 1.807) is 19.2 Å². The molecule has 98 valence electrons. The number of ether oxygens (including phenoxy) is 1. The molecular formula is C16H16O3. The molecule has 0 atom stereocenters. The smallest absolute Gasteiger partial charge is 0.335 e. The van der Waals surface area contributed by atoms with Gasteiger partial charge in [0, 0.05) is 7.11 Å². The van der Waals surface area contributed by atoms with Gasteiger partial charge in [-0.25, -0.2) is 4.79 Å². The standard InChI is InChI=1S/C16H16O3/c1-11-3-5-12(6-4-11)15-8-7-13(16(17)18)9-14(15)10-19-2/h3-9H,10H2,1-2H3,(H,17,18). The fraction of sp³-hybridized carbons (Fsp3) is 0.188. The third kappa shape index (κ3) is 3.01. The summed E-state index contributed by atoms with van der Waals surface area (Å²) in [5, 5.41) is 9.03. The molecule has 2 aromatic carbocycles. The quantitative estimate of drug-likeness (QED) is 0.910. The zero-order valence-electron chi connectivity index (χ0n) is 11.0. The molecule has 0 amide bonds. The van der Waals surface area contributed by atoms with Crippen molar-refractivity contribution in [3.05, 3.63) is 59.2 Å². The highest BCUT2D eigenvalue weighted by molar-refractivity contribution is 5.89. The molecule has 3 heteroatoms. The number of carboxylic acid groups (broad SMARTS) is 1. The molecule has 0 aliphatic heterocycles. The van der Waals surface area contributed by atoms with Gasteiger partial charge in [0.25, 0.3) is 0 Å². The number of hydrogen-bond donors (Lipinski definition) is 1. The maximum Gasteiger partial charge on any atom is 0.335 e. The zero-order chi connectivity index (χ0) is 13.8. The normalized spacial score (nSPS) is 10.4. The molecule has 0 saturated heterocycles. The summed E-state index contributed by atoms with van der Waals surface area (Å²) in [6.45, 7) is 2.43. The Balaban J connectivity index is 2.49. The van der Waals surface area contributed by atoms with E-state index < -0.39 is 5.97 Å². The van der Waals surface area contributed by atoms with E-state index in [2.05, 4.69) is 0 Å². The van der Waals surface area contributed by atoms with Crippen LogP contribution in [0.2, 0.25) is 0 Å². The van der Waals surface area contributed by atoms with Gasteiger partial charge in [0.1, 0.15) is 0 Å². The second-order valence-corrected chi connectivity index (χ2v) is 4.48. The first-order chi connectivity index (χ1) is 9.11. The van der Waals surface area contributed by atoms with E-state index in [1.165, 1.54) is 5.56 Å². The lowest BCUT2D eigenvalue weighted by Gasteiger charge is -2.10. The van der Waals surface area contributed by atoms with Crippen molar-refractivity contribution >= 4 is 5.97 Å². The average molecular weight is 256 g/mol. The maximum absolute atomic E-state index is 11.0. The predicted octanol–water partition coefficient (Wildman–Crippen LogP) is 3.51. The third-order valence-corrected chi connectivity index (χ3v) is 3.01. The molecule has 0 saturated carbocycles. The van der Waals surface area contributed by atoms with Gasteiger partial charge in [-0.2, -0.15) is 0 Å². The third-order valence-electron chi connectivity index (χ3n) is 3.01. The summed E-state index contributed by atoms with van der Waals surface area (Å²) in [5.74, 6) is -0.923. The second kappa shape index (κ2) is 5.67. The van der Waals surface area contributed by atoms with E-state index in [0.717, 1.165) is 16.7 Å². The van der Waals surface area contributed by atoms with Gasteiger partial charge in [-0.15, -0.1) is 0 Å². The molecule has 0 heterocycles. The van der Waals surface area contributed by atoms with Crippen LogP contribution >= 0.6 is 0 Å². The molecule has 3 nitrogen and oxygen atoms in total. The zero-order valence-corrected chi connectivity index (χ0v) is 11.0. The average Bonchev–Trinajstić information content (AvgIpc) is 2.40. The number of benzene rings is 2. The van der Waals surface area contributed by atoms with Crippen LogP contribution in [0, 0.1) is 6.92 Å². The largest absolute Gasteiger partial charge is 0.478 e. The van der Waals surface area contributed by atoms with Crippen molar-refractivity contribution in [3.63, 3.8) is 0 Å². The van der Waals surface area contributed by atoms with Gasteiger partial charge >= 0.3 is 5.97 Å². The van der Waals surface area contributed by atoms with Crippen LogP contribution in [-0.2, 0) is 11.3 Å². The van der Waals surface area contributed by atoms with Gasteiger partial charge in [-0.3, -0.25) is 0 Å². The van der Waals surface area contributed by atoms with Crippen LogP contribution in [0.15, 0.2) is 42.5 Å². The maximum atomic E-state index is 11.0. The van der Waals surface area contributed by atoms with Crippen molar-refractivity contribution in [2.24, 2.45) is 0 Å². The van der Waals surface area contributed by atoms with Crippen molar-refractivity contribution in [1.82, 2.24) is 0 Å². The monoisotopic (exact) mass is 256 g/mol. The number of carboxylic acids is 1. The Morgan fingerprint density at radius 3 is 2.42 bits per heavy atom. The van der Waals surface area contributed by atoms with Gasteiger partial charge in [0.2, 0.25) is 0 Å². The number of rotatable bonds is 4. The van der Waals surface area contributed by atoms with Crippen molar-refractivity contribution < 1.29 is 14.6 Å². The first-order valence-electron chi connectivity index (χ1n) is 6.04. The predicted molar refractivity (Wildman–Crippen MR) is 74.3 cm³/mol. The Bertz CT molecular complexity index is 585. The summed E-state index contributed by atoms with van der Waals surface area (Å²) in [6.07, 6.45) is 0. The fourth-order valence-corrected chi connectivity index (χ4v) is 2.02. The van der Waals surface area contributed by atoms with Crippen molar-refractivity contribution in [3.8, 4) is 11.1 Å². The van der Waals surface area contributed by atoms with Gasteiger partial charge in [0.15, 0.2) is 0 Å². The van der Waals surface area contributed by atoms with Crippen LogP contribution in [0.3, 0.4) is 0 Å². The molecule has 2 aromatic rings. The van der Waals surface area contributed by atoms with E-state index in [-0.39, 0.29) is 5.56 Å². The number of aromatic carboxylic acids is 1. The lowest BCUT2D eigenvalue weighted by molar-refractivity contribution is 0.0696. The summed E-state index contributed by atoms with van der Waals surface area (Å²) in [6, 6.07) is 13.3. The molecule has 0 fully saturated rings. The molecular weight excluding hydrogens is 240 g/mol. The van der Waals surface area contributed by atoms with E-state index >= 15 is 0 Å². The Morgan fingerprint density at radius 2 is 1.84 bits per heavy atom. The second-order valence-electron chi connectivity index (χ2n) is 4.48. The van der Waals surface area contributed by atoms with Crippen LogP contribution in [0.5, 0.6) is 0 Å². The minimum absolute atomic E-state index is 0.280. The van der Waals surface area contributed by atoms with Gasteiger partial charge in [0.05, 0.1) is 12.2 Å². The van der Waals surface area contributed by atoms with Crippen molar-refractivity contribution in [1.29, 1.82) is 0 Å². The molecule has 0 bridgehead atoms. The lowest BCUT2D eigenvalue weighted by atomic mass is 9.97. The molecule has 0 radical (unpaired) electrons. The van der Waals surface area contributed by atoms with E-state index in [0.29, 0.717) is 6.61 Å². The first-order valence-corrected chi connectivity index (χ1v) is 6.04. The van der Waals surface area contributed by atoms with Crippen molar-refractivity contribution in [2.45, 2.75) is 13.5 Å². The Morgan fingerprint density at radius 1 is 1.16 bits per heavy atom. The lowest BCUT2D eigenvalue weighted by Crippen LogP contribution is -2.00. The minimum atomic E-state index is -0.923. The number of methoxy groups -OCH3 is 1. The SMILES string of the molecule is COCc1cc(C(=O)O)ccc1-c1ccc(C)cc1. The minimum Gasteiger partial charge on any atom is -0.478 e. The van der Waals surface area contributed by atoms with E-state index in [9.17, 15) is 4.79 Å². The molecule has 0 spiro atoms. The topological polar surface area (TPSA) is 46.5 Å². The van der Waals surface area contributed by atoms with Gasteiger partial charge in [-0.05, 0) is 35.7 Å². The highest BCUT2D eigenvalue weighted by Gasteiger charge is 2.09. The van der Waals surface area contributed by atoms with E-state index in [1.807, 2.05) is 37.3 Å². The summed E-state index contributed by atoms with van der Waals surface area (Å²) >= 11 is 0. The van der Waals surface area contributed by atoms with Gasteiger partial charge < -0.3 is 9.84 Å². The Kier molecular flexibility index (Phi) is 3.97. The molecule has 0 aromatic heterocycles. The van der Waals surface area contributed by atoms with Crippen LogP contribution in [0.4, 0.5) is 0 Å².